The van der Waals surface area contributed by atoms with E-state index in [4.69, 9.17) is 69.6 Å². The van der Waals surface area contributed by atoms with Crippen molar-refractivity contribution in [1.82, 2.24) is 30.7 Å². The molecule has 3 N–H and O–H groups in total. The van der Waals surface area contributed by atoms with Crippen LogP contribution in [0.2, 0.25) is 30.1 Å². The highest BCUT2D eigenvalue weighted by Gasteiger charge is 2.33. The molecule has 11 nitrogen and oxygen atoms in total. The topological polar surface area (TPSA) is 104 Å². The van der Waals surface area contributed by atoms with Gasteiger partial charge in [-0.25, -0.2) is 9.59 Å². The molecule has 0 saturated carbocycles. The van der Waals surface area contributed by atoms with Crippen LogP contribution in [0, 0.1) is 0 Å². The lowest BCUT2D eigenvalue weighted by Crippen LogP contribution is -2.42. The number of benzene rings is 6. The molecule has 17 heteroatoms. The van der Waals surface area contributed by atoms with E-state index in [2.05, 4.69) is 71.0 Å². The molecule has 0 spiro atoms. The van der Waals surface area contributed by atoms with Gasteiger partial charge in [0.15, 0.2) is 0 Å². The van der Waals surface area contributed by atoms with E-state index < -0.39 is 0 Å². The summed E-state index contributed by atoms with van der Waals surface area (Å²) in [6.07, 6.45) is 5.64. The van der Waals surface area contributed by atoms with E-state index >= 15 is 0 Å². The molecule has 0 bridgehead atoms. The molecule has 0 radical (unpaired) electrons. The first kappa shape index (κ1) is 54.4. The second-order valence-corrected chi connectivity index (χ2v) is 21.3. The molecule has 2 fully saturated rings. The number of carbonyl (C=O) groups is 3. The van der Waals surface area contributed by atoms with Crippen molar-refractivity contribution in [3.8, 4) is 22.3 Å². The highest BCUT2D eigenvalue weighted by atomic mass is 35.5. The summed E-state index contributed by atoms with van der Waals surface area (Å²) in [5.74, 6) is 0. The minimum absolute atomic E-state index is 0.258. The van der Waals surface area contributed by atoms with Crippen LogP contribution >= 0.6 is 69.6 Å². The van der Waals surface area contributed by atoms with Crippen LogP contribution in [0.15, 0.2) is 109 Å². The van der Waals surface area contributed by atoms with Gasteiger partial charge in [0.05, 0.1) is 42.8 Å². The van der Waals surface area contributed by atoms with Crippen LogP contribution in [0.25, 0.3) is 22.3 Å². The van der Waals surface area contributed by atoms with E-state index in [1.165, 1.54) is 30.8 Å². The summed E-state index contributed by atoms with van der Waals surface area (Å²) in [5, 5.41) is 11.9. The van der Waals surface area contributed by atoms with Crippen LogP contribution in [0.5, 0.6) is 0 Å². The monoisotopic (exact) mass is 1100 g/mol. The summed E-state index contributed by atoms with van der Waals surface area (Å²) in [6, 6.07) is 34.0. The molecule has 10 rings (SSSR count). The van der Waals surface area contributed by atoms with E-state index in [-0.39, 0.29) is 18.6 Å². The third kappa shape index (κ3) is 12.5. The van der Waals surface area contributed by atoms with Crippen molar-refractivity contribution >= 4 is 111 Å². The zero-order valence-electron chi connectivity index (χ0n) is 41.1. The Kier molecular flexibility index (Phi) is 18.4. The maximum atomic E-state index is 13.2. The van der Waals surface area contributed by atoms with Gasteiger partial charge in [-0.3, -0.25) is 19.5 Å². The number of anilines is 4. The van der Waals surface area contributed by atoms with Crippen LogP contribution < -0.4 is 25.8 Å². The summed E-state index contributed by atoms with van der Waals surface area (Å²) >= 11 is 38.9. The lowest BCUT2D eigenvalue weighted by Gasteiger charge is -2.36. The molecule has 0 aromatic heterocycles. The van der Waals surface area contributed by atoms with Crippen LogP contribution in [-0.2, 0) is 19.6 Å². The van der Waals surface area contributed by atoms with E-state index in [1.54, 1.807) is 59.5 Å². The fourth-order valence-corrected chi connectivity index (χ4v) is 11.5. The van der Waals surface area contributed by atoms with Crippen molar-refractivity contribution in [2.24, 2.45) is 0 Å². The summed E-state index contributed by atoms with van der Waals surface area (Å²) in [7, 11) is 8.63. The molecule has 0 unspecified atom stereocenters. The van der Waals surface area contributed by atoms with Crippen molar-refractivity contribution in [3.05, 3.63) is 162 Å². The Labute approximate surface area is 458 Å². The van der Waals surface area contributed by atoms with Gasteiger partial charge in [0.1, 0.15) is 6.29 Å². The molecule has 4 amide bonds. The van der Waals surface area contributed by atoms with Crippen molar-refractivity contribution in [2.75, 3.05) is 64.2 Å². The number of halogens is 6. The van der Waals surface area contributed by atoms with Gasteiger partial charge in [-0.1, -0.05) is 118 Å². The minimum Gasteiger partial charge on any atom is -0.333 e. The van der Waals surface area contributed by atoms with Crippen LogP contribution in [0.1, 0.15) is 52.7 Å². The van der Waals surface area contributed by atoms with E-state index in [9.17, 15) is 14.4 Å². The molecule has 6 aromatic rings. The Morgan fingerprint density at radius 2 is 0.959 bits per heavy atom. The van der Waals surface area contributed by atoms with Crippen molar-refractivity contribution in [2.45, 2.75) is 57.4 Å². The van der Waals surface area contributed by atoms with Crippen LogP contribution in [0.3, 0.4) is 0 Å². The molecule has 2 saturated heterocycles. The molecular formula is C56H58Cl6N8O3. The Hall–Kier alpha value is -4.89. The molecule has 0 aliphatic carbocycles. The Bertz CT molecular complexity index is 2940. The lowest BCUT2D eigenvalue weighted by atomic mass is 9.93. The Morgan fingerprint density at radius 3 is 1.40 bits per heavy atom. The van der Waals surface area contributed by atoms with Crippen molar-refractivity contribution < 1.29 is 14.4 Å². The summed E-state index contributed by atoms with van der Waals surface area (Å²) in [5.41, 5.74) is 8.96. The number of urea groups is 2. The van der Waals surface area contributed by atoms with Gasteiger partial charge in [0, 0.05) is 69.6 Å². The second-order valence-electron chi connectivity index (χ2n) is 18.8. The van der Waals surface area contributed by atoms with E-state index in [0.29, 0.717) is 65.3 Å². The number of nitrogens with one attached hydrogen (secondary N) is 3. The lowest BCUT2D eigenvalue weighted by molar-refractivity contribution is 0.112. The Balaban J connectivity index is 0.000000170. The first-order valence-electron chi connectivity index (χ1n) is 24.2. The molecule has 73 heavy (non-hydrogen) atoms. The number of para-hydroxylation sites is 2. The Morgan fingerprint density at radius 1 is 0.534 bits per heavy atom. The average Bonchev–Trinajstić information content (AvgIpc) is 3.38. The third-order valence-corrected chi connectivity index (χ3v) is 15.7. The van der Waals surface area contributed by atoms with Crippen LogP contribution in [0.4, 0.5) is 32.3 Å². The van der Waals surface area contributed by atoms with Crippen LogP contribution in [-0.4, -0.2) is 99.5 Å². The zero-order valence-corrected chi connectivity index (χ0v) is 45.7. The number of piperidine rings is 2. The number of likely N-dealkylation sites (tertiary alicyclic amines) is 1. The van der Waals surface area contributed by atoms with Crippen molar-refractivity contribution in [1.29, 1.82) is 0 Å². The minimum atomic E-state index is -0.379. The standard InChI is InChI=1S/C28H29Cl3N4O.C21H13Cl3N2O2.C7H16N2/c1-33(2)19-10-12-34(13-11-19)17-18-14-21(20-6-3-4-7-23(20)29)22-16-32-28(36)35(26(22)15-18)27-24(30)8-5-9-25(27)31;22-16-5-2-1-4-13(16)14-8-12(11-27)9-19-15(14)10-25-21(28)26(19)20-17(23)6-3-7-18(20)24;1-9(2)7-3-5-8-6-4-7/h3-9,14-15,19H,10-13,16-17H2,1-2H3,(H,32,36);1-9,11H,10H2,(H,25,28);7-8H,3-6H2,1-2H3. The van der Waals surface area contributed by atoms with E-state index in [1.807, 2.05) is 42.5 Å². The molecular weight excluding hydrogens is 1050 g/mol. The number of amides is 4. The first-order chi connectivity index (χ1) is 35.1. The molecule has 0 atom stereocenters. The highest BCUT2D eigenvalue weighted by Crippen LogP contribution is 2.47. The average molecular weight is 1100 g/mol. The van der Waals surface area contributed by atoms with E-state index in [0.717, 1.165) is 89.4 Å². The smallest absolute Gasteiger partial charge is 0.326 e. The fraction of sp³-hybridized carbons (Fsp3) is 0.304. The number of fused-ring (bicyclic) bond motifs is 2. The first-order valence-corrected chi connectivity index (χ1v) is 26.5. The quantitative estimate of drug-likeness (QED) is 0.124. The predicted octanol–water partition coefficient (Wildman–Crippen LogP) is 14.0. The molecule has 6 aromatic carbocycles. The largest absolute Gasteiger partial charge is 0.333 e. The number of hydrogen-bond donors (Lipinski definition) is 3. The highest BCUT2D eigenvalue weighted by molar-refractivity contribution is 6.41. The number of nitrogens with zero attached hydrogens (tertiary/aromatic N) is 5. The number of hydrogen-bond acceptors (Lipinski definition) is 7. The molecule has 382 valence electrons. The van der Waals surface area contributed by atoms with Gasteiger partial charge in [-0.15, -0.1) is 0 Å². The number of aldehydes is 1. The van der Waals surface area contributed by atoms with Gasteiger partial charge in [-0.05, 0) is 157 Å². The van der Waals surface area contributed by atoms with Crippen molar-refractivity contribution in [3.63, 3.8) is 0 Å². The fourth-order valence-electron chi connectivity index (χ4n) is 9.89. The van der Waals surface area contributed by atoms with Gasteiger partial charge < -0.3 is 25.8 Å². The van der Waals surface area contributed by atoms with Gasteiger partial charge in [0.2, 0.25) is 0 Å². The third-order valence-electron chi connectivity index (χ3n) is 13.8. The zero-order chi connectivity index (χ0) is 51.9. The number of carbonyl (C=O) groups excluding carboxylic acids is 3. The van der Waals surface area contributed by atoms with Gasteiger partial charge in [-0.2, -0.15) is 0 Å². The maximum absolute atomic E-state index is 13.2. The maximum Gasteiger partial charge on any atom is 0.326 e. The number of rotatable bonds is 9. The normalized spacial score (nSPS) is 16.2. The predicted molar refractivity (Wildman–Crippen MR) is 302 cm³/mol. The molecule has 4 heterocycles. The van der Waals surface area contributed by atoms with Gasteiger partial charge >= 0.3 is 12.1 Å². The second kappa shape index (κ2) is 24.6. The summed E-state index contributed by atoms with van der Waals surface area (Å²) < 4.78 is 0. The molecule has 4 aliphatic heterocycles. The summed E-state index contributed by atoms with van der Waals surface area (Å²) in [6.45, 7) is 5.92. The summed E-state index contributed by atoms with van der Waals surface area (Å²) in [4.78, 5) is 47.7. The van der Waals surface area contributed by atoms with Gasteiger partial charge in [0.25, 0.3) is 0 Å². The molecule has 4 aliphatic rings. The SMILES string of the molecule is CN(C)C1CCN(Cc2cc(-c3ccccc3Cl)c3c(c2)N(c2c(Cl)cccc2Cl)C(=O)NC3)CC1.CN(C)C1CCNCC1.O=Cc1cc(-c2ccccc2Cl)c2c(c1)N(c1c(Cl)cccc1Cl)C(=O)NC2.